The lowest BCUT2D eigenvalue weighted by Crippen LogP contribution is -2.12. The molecule has 1 aromatic rings. The molecule has 19 heavy (non-hydrogen) atoms. The van der Waals surface area contributed by atoms with Gasteiger partial charge < -0.3 is 0 Å². The van der Waals surface area contributed by atoms with Gasteiger partial charge >= 0.3 is 6.18 Å². The summed E-state index contributed by atoms with van der Waals surface area (Å²) in [5.41, 5.74) is -1.24. The molecule has 0 aliphatic rings. The molecule has 0 amide bonds. The van der Waals surface area contributed by atoms with Gasteiger partial charge in [-0.2, -0.15) is 28.8 Å². The van der Waals surface area contributed by atoms with Crippen LogP contribution < -0.4 is 5.43 Å². The molecule has 0 spiro atoms. The molecule has 0 aliphatic heterocycles. The lowest BCUT2D eigenvalue weighted by atomic mass is 10.1. The summed E-state index contributed by atoms with van der Waals surface area (Å²) < 4.78 is 63.0. The van der Waals surface area contributed by atoms with Gasteiger partial charge in [-0.25, -0.2) is 8.78 Å². The Morgan fingerprint density at radius 1 is 1.11 bits per heavy atom. The highest BCUT2D eigenvalue weighted by atomic mass is 19.4. The predicted octanol–water partition coefficient (Wildman–Crippen LogP) is 2.80. The van der Waals surface area contributed by atoms with E-state index in [-0.39, 0.29) is 0 Å². The molecule has 0 saturated carbocycles. The fraction of sp³-hybridized carbons (Fsp3) is 0.100. The zero-order valence-corrected chi connectivity index (χ0v) is 8.89. The Bertz CT molecular complexity index is 567. The van der Waals surface area contributed by atoms with Gasteiger partial charge in [0.25, 0.3) is 0 Å². The van der Waals surface area contributed by atoms with Crippen molar-refractivity contribution in [1.82, 2.24) is 0 Å². The molecule has 4 nitrogen and oxygen atoms in total. The Morgan fingerprint density at radius 3 is 1.95 bits per heavy atom. The van der Waals surface area contributed by atoms with E-state index < -0.39 is 34.8 Å². The molecule has 0 unspecified atom stereocenters. The summed E-state index contributed by atoms with van der Waals surface area (Å²) in [6.45, 7) is 0. The number of nitriles is 2. The topological polar surface area (TPSA) is 72.0 Å². The van der Waals surface area contributed by atoms with E-state index in [2.05, 4.69) is 5.10 Å². The van der Waals surface area contributed by atoms with E-state index >= 15 is 0 Å². The average molecular weight is 274 g/mol. The third-order valence-electron chi connectivity index (χ3n) is 1.83. The van der Waals surface area contributed by atoms with E-state index in [0.717, 1.165) is 0 Å². The van der Waals surface area contributed by atoms with E-state index in [1.165, 1.54) is 12.1 Å². The van der Waals surface area contributed by atoms with Crippen molar-refractivity contribution in [3.8, 4) is 12.1 Å². The van der Waals surface area contributed by atoms with Crippen molar-refractivity contribution in [2.45, 2.75) is 6.18 Å². The predicted molar refractivity (Wildman–Crippen MR) is 53.6 cm³/mol. The second-order valence-corrected chi connectivity index (χ2v) is 3.11. The average Bonchev–Trinajstić information content (AvgIpc) is 2.27. The second-order valence-electron chi connectivity index (χ2n) is 3.11. The summed E-state index contributed by atoms with van der Waals surface area (Å²) in [5, 5.41) is 19.8. The number of nitrogens with zero attached hydrogens (tertiary/aromatic N) is 3. The van der Waals surface area contributed by atoms with E-state index in [9.17, 15) is 22.0 Å². The number of nitrogens with one attached hydrogen (secondary N) is 1. The smallest absolute Gasteiger partial charge is 0.276 e. The lowest BCUT2D eigenvalue weighted by molar-refractivity contribution is -0.142. The first-order valence-corrected chi connectivity index (χ1v) is 4.49. The number of halogens is 5. The van der Waals surface area contributed by atoms with Gasteiger partial charge in [-0.15, -0.1) is 0 Å². The zero-order valence-electron chi connectivity index (χ0n) is 8.89. The molecule has 98 valence electrons. The van der Waals surface area contributed by atoms with Crippen molar-refractivity contribution in [3.63, 3.8) is 0 Å². The molecule has 1 rings (SSSR count). The molecule has 0 aromatic heterocycles. The monoisotopic (exact) mass is 274 g/mol. The highest BCUT2D eigenvalue weighted by molar-refractivity contribution is 6.10. The summed E-state index contributed by atoms with van der Waals surface area (Å²) in [6.07, 6.45) is -5.17. The van der Waals surface area contributed by atoms with Crippen LogP contribution in [0, 0.1) is 34.3 Å². The Morgan fingerprint density at radius 2 is 1.58 bits per heavy atom. The summed E-state index contributed by atoms with van der Waals surface area (Å²) in [7, 11) is 0. The van der Waals surface area contributed by atoms with Crippen molar-refractivity contribution < 1.29 is 22.0 Å². The van der Waals surface area contributed by atoms with Crippen molar-refractivity contribution in [2.75, 3.05) is 5.43 Å². The Hall–Kier alpha value is -2.68. The third-order valence-corrected chi connectivity index (χ3v) is 1.83. The number of anilines is 1. The number of rotatable bonds is 2. The van der Waals surface area contributed by atoms with Crippen LogP contribution in [0.4, 0.5) is 27.6 Å². The first-order valence-electron chi connectivity index (χ1n) is 4.49. The van der Waals surface area contributed by atoms with Crippen molar-refractivity contribution in [2.24, 2.45) is 5.10 Å². The van der Waals surface area contributed by atoms with Gasteiger partial charge in [0.2, 0.25) is 5.71 Å². The third kappa shape index (κ3) is 3.39. The van der Waals surface area contributed by atoms with Crippen LogP contribution in [0.3, 0.4) is 0 Å². The molecule has 0 atom stereocenters. The lowest BCUT2D eigenvalue weighted by Gasteiger charge is -2.10. The van der Waals surface area contributed by atoms with Gasteiger partial charge in [0.05, 0.1) is 5.69 Å². The standard InChI is InChI=1S/C10H3F5N4/c11-7-1-5(18-19-6(3-16)4-17)2-8(12)9(7)10(13,14)15/h1-2,18H. The van der Waals surface area contributed by atoms with Crippen molar-refractivity contribution >= 4 is 11.4 Å². The van der Waals surface area contributed by atoms with Crippen LogP contribution >= 0.6 is 0 Å². The molecule has 0 saturated heterocycles. The summed E-state index contributed by atoms with van der Waals surface area (Å²) in [5.74, 6) is -3.67. The Labute approximate surface area is 103 Å². The van der Waals surface area contributed by atoms with E-state index in [0.29, 0.717) is 12.1 Å². The highest BCUT2D eigenvalue weighted by Crippen LogP contribution is 2.34. The summed E-state index contributed by atoms with van der Waals surface area (Å²) in [6, 6.07) is 3.39. The SMILES string of the molecule is N#CC(C#N)=NNc1cc(F)c(C(F)(F)F)c(F)c1. The van der Waals surface area contributed by atoms with Gasteiger partial charge in [0.15, 0.2) is 0 Å². The van der Waals surface area contributed by atoms with Crippen LogP contribution in [0.1, 0.15) is 5.56 Å². The second kappa shape index (κ2) is 5.31. The van der Waals surface area contributed by atoms with Crippen LogP contribution in [-0.4, -0.2) is 5.71 Å². The molecule has 0 radical (unpaired) electrons. The number of hydrogen-bond donors (Lipinski definition) is 1. The molecule has 1 aromatic carbocycles. The Balaban J connectivity index is 3.14. The molecular formula is C10H3F5N4. The first-order chi connectivity index (χ1) is 8.79. The maximum atomic E-state index is 13.1. The zero-order chi connectivity index (χ0) is 14.6. The molecule has 0 fully saturated rings. The number of hydrazone groups is 1. The van der Waals surface area contributed by atoms with Crippen molar-refractivity contribution in [1.29, 1.82) is 10.5 Å². The molecule has 9 heteroatoms. The Kier molecular flexibility index (Phi) is 4.02. The molecule has 0 bridgehead atoms. The normalized spacial score (nSPS) is 10.3. The van der Waals surface area contributed by atoms with E-state index in [1.807, 2.05) is 5.43 Å². The number of alkyl halides is 3. The minimum absolute atomic E-state index is 0.349. The van der Waals surface area contributed by atoms with Crippen LogP contribution in [0.25, 0.3) is 0 Å². The van der Waals surface area contributed by atoms with Crippen LogP contribution in [0.15, 0.2) is 17.2 Å². The fourth-order valence-corrected chi connectivity index (χ4v) is 1.10. The minimum Gasteiger partial charge on any atom is -0.276 e. The molecule has 0 aliphatic carbocycles. The summed E-state index contributed by atoms with van der Waals surface area (Å²) >= 11 is 0. The van der Waals surface area contributed by atoms with Gasteiger partial charge in [-0.1, -0.05) is 0 Å². The maximum absolute atomic E-state index is 13.1. The molecule has 0 heterocycles. The largest absolute Gasteiger partial charge is 0.422 e. The van der Waals surface area contributed by atoms with Crippen LogP contribution in [0.2, 0.25) is 0 Å². The van der Waals surface area contributed by atoms with Crippen LogP contribution in [0.5, 0.6) is 0 Å². The highest BCUT2D eigenvalue weighted by Gasteiger charge is 2.37. The quantitative estimate of drug-likeness (QED) is 0.512. The number of hydrogen-bond acceptors (Lipinski definition) is 4. The van der Waals surface area contributed by atoms with Gasteiger partial charge in [0.1, 0.15) is 29.3 Å². The fourth-order valence-electron chi connectivity index (χ4n) is 1.10. The minimum atomic E-state index is -5.17. The number of benzene rings is 1. The summed E-state index contributed by atoms with van der Waals surface area (Å²) in [4.78, 5) is 0. The van der Waals surface area contributed by atoms with Gasteiger partial charge in [0, 0.05) is 0 Å². The van der Waals surface area contributed by atoms with Gasteiger partial charge in [-0.05, 0) is 12.1 Å². The first kappa shape index (κ1) is 14.4. The maximum Gasteiger partial charge on any atom is 0.422 e. The molecular weight excluding hydrogens is 271 g/mol. The van der Waals surface area contributed by atoms with Crippen molar-refractivity contribution in [3.05, 3.63) is 29.3 Å². The van der Waals surface area contributed by atoms with E-state index in [4.69, 9.17) is 10.5 Å². The van der Waals surface area contributed by atoms with Gasteiger partial charge in [-0.3, -0.25) is 5.43 Å². The van der Waals surface area contributed by atoms with Crippen LogP contribution in [-0.2, 0) is 6.18 Å². The molecule has 1 N–H and O–H groups in total. The van der Waals surface area contributed by atoms with E-state index in [1.54, 1.807) is 0 Å².